The lowest BCUT2D eigenvalue weighted by Crippen LogP contribution is -2.28. The molecule has 0 unspecified atom stereocenters. The molecule has 2 N–H and O–H groups in total. The van der Waals surface area contributed by atoms with Gasteiger partial charge in [-0.15, -0.1) is 12.4 Å². The average molecular weight is 256 g/mol. The Kier molecular flexibility index (Phi) is 4.14. The molecule has 2 aromatic heterocycles. The number of nitrogens with zero attached hydrogens (tertiary/aromatic N) is 4. The van der Waals surface area contributed by atoms with Crippen molar-refractivity contribution in [1.29, 1.82) is 0 Å². The second-order valence-corrected chi connectivity index (χ2v) is 4.10. The van der Waals surface area contributed by atoms with E-state index in [-0.39, 0.29) is 17.8 Å². The fraction of sp³-hybridized carbons (Fsp3) is 0.400. The van der Waals surface area contributed by atoms with Gasteiger partial charge < -0.3 is 10.3 Å². The molecule has 0 aliphatic rings. The molecule has 0 saturated heterocycles. The number of aromatic nitrogens is 4. The van der Waals surface area contributed by atoms with Gasteiger partial charge in [-0.05, 0) is 13.8 Å². The average Bonchev–Trinajstić information content (AvgIpc) is 2.80. The molecule has 2 aromatic rings. The van der Waals surface area contributed by atoms with Gasteiger partial charge in [0.15, 0.2) is 0 Å². The molecule has 2 rings (SSSR count). The Morgan fingerprint density at radius 3 is 2.71 bits per heavy atom. The zero-order chi connectivity index (χ0) is 11.6. The first-order valence-corrected chi connectivity index (χ1v) is 4.94. The topological polar surface area (TPSA) is 90.7 Å². The molecule has 0 radical (unpaired) electrons. The zero-order valence-corrected chi connectivity index (χ0v) is 10.4. The van der Waals surface area contributed by atoms with Crippen LogP contribution in [0.15, 0.2) is 23.1 Å². The summed E-state index contributed by atoms with van der Waals surface area (Å²) in [7, 11) is 0. The standard InChI is InChI=1S/C10H13N5O.ClH/c1-10(2,6-11)9-14-8(15-16-9)7-5-12-3-4-13-7;/h3-5H,6,11H2,1-2H3;1H. The number of hydrogen-bond acceptors (Lipinski definition) is 6. The Hall–Kier alpha value is -1.53. The summed E-state index contributed by atoms with van der Waals surface area (Å²) in [4.78, 5) is 12.3. The summed E-state index contributed by atoms with van der Waals surface area (Å²) in [5.74, 6) is 0.945. The van der Waals surface area contributed by atoms with Crippen molar-refractivity contribution in [2.75, 3.05) is 6.54 Å². The van der Waals surface area contributed by atoms with Crippen LogP contribution in [-0.2, 0) is 5.41 Å². The molecule has 0 fully saturated rings. The van der Waals surface area contributed by atoms with E-state index in [0.29, 0.717) is 24.0 Å². The van der Waals surface area contributed by atoms with E-state index >= 15 is 0 Å². The van der Waals surface area contributed by atoms with Crippen LogP contribution in [0.25, 0.3) is 11.5 Å². The van der Waals surface area contributed by atoms with Gasteiger partial charge in [-0.3, -0.25) is 4.98 Å². The van der Waals surface area contributed by atoms with E-state index < -0.39 is 0 Å². The van der Waals surface area contributed by atoms with E-state index in [4.69, 9.17) is 10.3 Å². The first-order chi connectivity index (χ1) is 7.63. The highest BCUT2D eigenvalue weighted by molar-refractivity contribution is 5.85. The highest BCUT2D eigenvalue weighted by atomic mass is 35.5. The second-order valence-electron chi connectivity index (χ2n) is 4.10. The van der Waals surface area contributed by atoms with Gasteiger partial charge in [-0.2, -0.15) is 4.98 Å². The van der Waals surface area contributed by atoms with Crippen molar-refractivity contribution in [3.05, 3.63) is 24.5 Å². The molecule has 92 valence electrons. The first kappa shape index (κ1) is 13.5. The van der Waals surface area contributed by atoms with E-state index in [0.717, 1.165) is 0 Å². The second kappa shape index (κ2) is 5.20. The van der Waals surface area contributed by atoms with Crippen molar-refractivity contribution >= 4 is 12.4 Å². The van der Waals surface area contributed by atoms with Crippen molar-refractivity contribution in [1.82, 2.24) is 20.1 Å². The van der Waals surface area contributed by atoms with Gasteiger partial charge in [-0.1, -0.05) is 5.16 Å². The van der Waals surface area contributed by atoms with E-state index in [2.05, 4.69) is 20.1 Å². The van der Waals surface area contributed by atoms with Gasteiger partial charge in [0.25, 0.3) is 0 Å². The summed E-state index contributed by atoms with van der Waals surface area (Å²) in [5, 5.41) is 3.86. The van der Waals surface area contributed by atoms with E-state index in [1.54, 1.807) is 18.6 Å². The molecular weight excluding hydrogens is 242 g/mol. The molecule has 0 spiro atoms. The summed E-state index contributed by atoms with van der Waals surface area (Å²) in [5.41, 5.74) is 5.89. The SMILES string of the molecule is CC(C)(CN)c1nc(-c2cnccn2)no1.Cl. The predicted octanol–water partition coefficient (Wildman–Crippen LogP) is 1.18. The van der Waals surface area contributed by atoms with Crippen LogP contribution in [0.5, 0.6) is 0 Å². The summed E-state index contributed by atoms with van der Waals surface area (Å²) >= 11 is 0. The Labute approximate surface area is 105 Å². The number of hydrogen-bond donors (Lipinski definition) is 1. The molecule has 17 heavy (non-hydrogen) atoms. The summed E-state index contributed by atoms with van der Waals surface area (Å²) in [6, 6.07) is 0. The van der Waals surface area contributed by atoms with Crippen molar-refractivity contribution < 1.29 is 4.52 Å². The number of rotatable bonds is 3. The minimum Gasteiger partial charge on any atom is -0.338 e. The van der Waals surface area contributed by atoms with Gasteiger partial charge >= 0.3 is 0 Å². The van der Waals surface area contributed by atoms with Crippen molar-refractivity contribution in [3.63, 3.8) is 0 Å². The Bertz CT molecular complexity index is 471. The Balaban J connectivity index is 0.00000144. The maximum atomic E-state index is 5.63. The third-order valence-corrected chi connectivity index (χ3v) is 2.31. The van der Waals surface area contributed by atoms with Crippen LogP contribution in [0.3, 0.4) is 0 Å². The Morgan fingerprint density at radius 2 is 2.12 bits per heavy atom. The minimum atomic E-state index is -0.326. The third-order valence-electron chi connectivity index (χ3n) is 2.31. The van der Waals surface area contributed by atoms with Crippen molar-refractivity contribution in [2.24, 2.45) is 5.73 Å². The molecule has 0 amide bonds. The molecule has 0 aromatic carbocycles. The third kappa shape index (κ3) is 2.78. The normalized spacial score (nSPS) is 11.0. The lowest BCUT2D eigenvalue weighted by atomic mass is 9.94. The largest absolute Gasteiger partial charge is 0.338 e. The molecule has 0 aliphatic heterocycles. The van der Waals surface area contributed by atoms with Gasteiger partial charge in [0.05, 0.1) is 11.6 Å². The summed E-state index contributed by atoms with van der Waals surface area (Å²) in [6.45, 7) is 4.33. The molecular formula is C10H14ClN5O. The van der Waals surface area contributed by atoms with Gasteiger partial charge in [0.1, 0.15) is 5.69 Å². The van der Waals surface area contributed by atoms with Crippen LogP contribution < -0.4 is 5.73 Å². The summed E-state index contributed by atoms with van der Waals surface area (Å²) in [6.07, 6.45) is 4.76. The zero-order valence-electron chi connectivity index (χ0n) is 9.62. The quantitative estimate of drug-likeness (QED) is 0.886. The first-order valence-electron chi connectivity index (χ1n) is 4.94. The minimum absolute atomic E-state index is 0. The highest BCUT2D eigenvalue weighted by Gasteiger charge is 2.26. The van der Waals surface area contributed by atoms with Crippen LogP contribution in [0.2, 0.25) is 0 Å². The smallest absolute Gasteiger partial charge is 0.233 e. The van der Waals surface area contributed by atoms with E-state index in [1.807, 2.05) is 13.8 Å². The van der Waals surface area contributed by atoms with Crippen LogP contribution in [0.4, 0.5) is 0 Å². The highest BCUT2D eigenvalue weighted by Crippen LogP contribution is 2.22. The number of nitrogens with two attached hydrogens (primary N) is 1. The molecule has 0 saturated carbocycles. The molecule has 2 heterocycles. The monoisotopic (exact) mass is 255 g/mol. The van der Waals surface area contributed by atoms with Crippen molar-refractivity contribution in [2.45, 2.75) is 19.3 Å². The molecule has 0 atom stereocenters. The van der Waals surface area contributed by atoms with Gasteiger partial charge in [-0.25, -0.2) is 4.98 Å². The Morgan fingerprint density at radius 1 is 1.35 bits per heavy atom. The molecule has 7 heteroatoms. The molecule has 0 aliphatic carbocycles. The van der Waals surface area contributed by atoms with Crippen LogP contribution in [0.1, 0.15) is 19.7 Å². The maximum absolute atomic E-state index is 5.63. The van der Waals surface area contributed by atoms with Gasteiger partial charge in [0.2, 0.25) is 11.7 Å². The summed E-state index contributed by atoms with van der Waals surface area (Å²) < 4.78 is 5.17. The fourth-order valence-corrected chi connectivity index (χ4v) is 1.10. The lowest BCUT2D eigenvalue weighted by molar-refractivity contribution is 0.311. The van der Waals surface area contributed by atoms with Crippen LogP contribution >= 0.6 is 12.4 Å². The molecule has 0 bridgehead atoms. The molecule has 6 nitrogen and oxygen atoms in total. The lowest BCUT2D eigenvalue weighted by Gasteiger charge is -2.15. The van der Waals surface area contributed by atoms with Crippen LogP contribution in [0, 0.1) is 0 Å². The van der Waals surface area contributed by atoms with E-state index in [1.165, 1.54) is 0 Å². The van der Waals surface area contributed by atoms with E-state index in [9.17, 15) is 0 Å². The maximum Gasteiger partial charge on any atom is 0.233 e. The fourth-order valence-electron chi connectivity index (χ4n) is 1.10. The van der Waals surface area contributed by atoms with Crippen LogP contribution in [-0.4, -0.2) is 26.7 Å². The number of halogens is 1. The van der Waals surface area contributed by atoms with Gasteiger partial charge in [0, 0.05) is 18.9 Å². The van der Waals surface area contributed by atoms with Crippen molar-refractivity contribution in [3.8, 4) is 11.5 Å². The predicted molar refractivity (Wildman–Crippen MR) is 64.7 cm³/mol.